The van der Waals surface area contributed by atoms with Gasteiger partial charge in [-0.05, 0) is 42.4 Å². The number of nitrogens with zero attached hydrogens (tertiary/aromatic N) is 2. The highest BCUT2D eigenvalue weighted by atomic mass is 16.6. The summed E-state index contributed by atoms with van der Waals surface area (Å²) in [5.74, 6) is 0. The summed E-state index contributed by atoms with van der Waals surface area (Å²) in [5, 5.41) is 2.73. The van der Waals surface area contributed by atoms with Crippen LogP contribution in [0.25, 0.3) is 0 Å². The van der Waals surface area contributed by atoms with Crippen LogP contribution in [0.15, 0.2) is 91.0 Å². The molecule has 1 radical (unpaired) electrons. The molecule has 3 aromatic carbocycles. The van der Waals surface area contributed by atoms with Gasteiger partial charge in [-0.3, -0.25) is 5.73 Å². The summed E-state index contributed by atoms with van der Waals surface area (Å²) in [6, 6.07) is 28.4. The molecule has 0 heterocycles. The first-order valence-electron chi connectivity index (χ1n) is 15.1. The number of hydrogen-bond acceptors (Lipinski definition) is 6. The van der Waals surface area contributed by atoms with Gasteiger partial charge >= 0.3 is 18.3 Å². The first kappa shape index (κ1) is 33.9. The second kappa shape index (κ2) is 20.4. The third-order valence-electron chi connectivity index (χ3n) is 6.72. The van der Waals surface area contributed by atoms with Crippen LogP contribution in [-0.4, -0.2) is 67.3 Å². The number of benzene rings is 3. The molecular weight excluding hydrogens is 560 g/mol. The third-order valence-corrected chi connectivity index (χ3v) is 6.72. The number of hydrogen-bond donors (Lipinski definition) is 1. The topological polar surface area (TPSA) is 121 Å². The second-order valence-electron chi connectivity index (χ2n) is 10.2. The largest absolute Gasteiger partial charge is 0.445 e. The first-order chi connectivity index (χ1) is 21.5. The van der Waals surface area contributed by atoms with Gasteiger partial charge in [-0.15, -0.1) is 0 Å². The predicted molar refractivity (Wildman–Crippen MR) is 167 cm³/mol. The maximum absolute atomic E-state index is 13.0. The van der Waals surface area contributed by atoms with E-state index < -0.39 is 18.3 Å². The number of amides is 3. The van der Waals surface area contributed by atoms with Crippen molar-refractivity contribution in [3.8, 4) is 0 Å². The van der Waals surface area contributed by atoms with Crippen LogP contribution in [0.3, 0.4) is 0 Å². The van der Waals surface area contributed by atoms with E-state index in [0.29, 0.717) is 58.4 Å². The lowest BCUT2D eigenvalue weighted by molar-refractivity contribution is 0.0895. The van der Waals surface area contributed by atoms with Crippen molar-refractivity contribution in [3.05, 3.63) is 108 Å². The Hall–Kier alpha value is -4.57. The number of nitrogens with one attached hydrogen (secondary N) is 2. The van der Waals surface area contributed by atoms with Gasteiger partial charge in [0.25, 0.3) is 0 Å². The molecule has 0 aliphatic carbocycles. The predicted octanol–water partition coefficient (Wildman–Crippen LogP) is 6.03. The Balaban J connectivity index is 1.45. The maximum Gasteiger partial charge on any atom is 0.410 e. The van der Waals surface area contributed by atoms with E-state index in [2.05, 4.69) is 5.32 Å². The van der Waals surface area contributed by atoms with E-state index in [0.717, 1.165) is 16.7 Å². The van der Waals surface area contributed by atoms with E-state index in [-0.39, 0.29) is 26.4 Å². The van der Waals surface area contributed by atoms with Gasteiger partial charge in [-0.1, -0.05) is 91.0 Å². The average Bonchev–Trinajstić information content (AvgIpc) is 3.07. The van der Waals surface area contributed by atoms with Crippen LogP contribution in [-0.2, 0) is 34.0 Å². The molecule has 0 saturated heterocycles. The SMILES string of the molecule is [NH]CCCN(CCCCN(CCCNC(=O)OCc1ccccc1)C(=O)OCc1ccccc1)C(=O)OCc1ccccc1. The number of carbonyl (C=O) groups is 3. The van der Waals surface area contributed by atoms with Gasteiger partial charge in [0.1, 0.15) is 19.8 Å². The molecule has 3 amide bonds. The van der Waals surface area contributed by atoms with Gasteiger partial charge in [0, 0.05) is 39.3 Å². The number of rotatable bonds is 18. The molecule has 3 rings (SSSR count). The van der Waals surface area contributed by atoms with Gasteiger partial charge in [-0.25, -0.2) is 14.4 Å². The Morgan fingerprint density at radius 1 is 0.545 bits per heavy atom. The lowest BCUT2D eigenvalue weighted by atomic mass is 10.2. The molecule has 235 valence electrons. The van der Waals surface area contributed by atoms with Crippen LogP contribution in [0.5, 0.6) is 0 Å². The first-order valence-corrected chi connectivity index (χ1v) is 15.1. The summed E-state index contributed by atoms with van der Waals surface area (Å²) in [7, 11) is 0. The average molecular weight is 604 g/mol. The summed E-state index contributed by atoms with van der Waals surface area (Å²) in [4.78, 5) is 41.1. The van der Waals surface area contributed by atoms with Crippen molar-refractivity contribution < 1.29 is 28.6 Å². The van der Waals surface area contributed by atoms with Crippen LogP contribution in [0.2, 0.25) is 0 Å². The van der Waals surface area contributed by atoms with Gasteiger partial charge in [0.15, 0.2) is 0 Å². The molecule has 0 aliphatic rings. The highest BCUT2D eigenvalue weighted by Gasteiger charge is 2.18. The number of ether oxygens (including phenoxy) is 3. The summed E-state index contributed by atoms with van der Waals surface area (Å²) >= 11 is 0. The Morgan fingerprint density at radius 2 is 0.932 bits per heavy atom. The quantitative estimate of drug-likeness (QED) is 0.140. The minimum absolute atomic E-state index is 0.161. The normalized spacial score (nSPS) is 10.5. The van der Waals surface area contributed by atoms with Crippen molar-refractivity contribution in [2.24, 2.45) is 0 Å². The highest BCUT2D eigenvalue weighted by Crippen LogP contribution is 2.09. The molecule has 0 aromatic heterocycles. The van der Waals surface area contributed by atoms with Crippen LogP contribution < -0.4 is 11.1 Å². The Morgan fingerprint density at radius 3 is 1.36 bits per heavy atom. The van der Waals surface area contributed by atoms with Crippen molar-refractivity contribution >= 4 is 18.3 Å². The third kappa shape index (κ3) is 13.6. The van der Waals surface area contributed by atoms with Crippen LogP contribution >= 0.6 is 0 Å². The second-order valence-corrected chi connectivity index (χ2v) is 10.2. The molecule has 10 heteroatoms. The van der Waals surface area contributed by atoms with Crippen LogP contribution in [0.1, 0.15) is 42.4 Å². The number of alkyl carbamates (subject to hydrolysis) is 1. The minimum Gasteiger partial charge on any atom is -0.445 e. The number of carbonyl (C=O) groups excluding carboxylic acids is 3. The van der Waals surface area contributed by atoms with Crippen molar-refractivity contribution in [2.45, 2.75) is 45.5 Å². The van der Waals surface area contributed by atoms with Crippen molar-refractivity contribution in [2.75, 3.05) is 39.3 Å². The summed E-state index contributed by atoms with van der Waals surface area (Å²) in [6.45, 7) is 2.79. The van der Waals surface area contributed by atoms with E-state index in [1.165, 1.54) is 0 Å². The van der Waals surface area contributed by atoms with Crippen LogP contribution in [0, 0.1) is 0 Å². The lowest BCUT2D eigenvalue weighted by Gasteiger charge is -2.24. The molecule has 3 aromatic rings. The van der Waals surface area contributed by atoms with E-state index in [4.69, 9.17) is 19.9 Å². The van der Waals surface area contributed by atoms with Gasteiger partial charge in [0.2, 0.25) is 0 Å². The molecule has 0 fully saturated rings. The Labute approximate surface area is 260 Å². The molecule has 0 saturated carbocycles. The molecule has 0 aliphatic heterocycles. The van der Waals surface area contributed by atoms with E-state index in [1.54, 1.807) is 9.80 Å². The zero-order chi connectivity index (χ0) is 31.2. The molecular formula is C34H43N4O6. The van der Waals surface area contributed by atoms with Gasteiger partial charge < -0.3 is 29.3 Å². The summed E-state index contributed by atoms with van der Waals surface area (Å²) in [5.41, 5.74) is 10.2. The molecule has 2 N–H and O–H groups in total. The number of unbranched alkanes of at least 4 members (excludes halogenated alkanes) is 1. The zero-order valence-electron chi connectivity index (χ0n) is 25.2. The lowest BCUT2D eigenvalue weighted by Crippen LogP contribution is -2.37. The molecule has 44 heavy (non-hydrogen) atoms. The fraction of sp³-hybridized carbons (Fsp3) is 0.382. The summed E-state index contributed by atoms with van der Waals surface area (Å²) < 4.78 is 16.3. The molecule has 0 bridgehead atoms. The standard InChI is InChI=1S/C34H43N4O6/c35-20-12-24-37(33(40)43-27-30-16-6-2-7-17-30)22-10-11-23-38(34(41)44-28-31-18-8-3-9-19-31)25-13-21-36-32(39)42-26-29-14-4-1-5-15-29/h1-9,14-19,35H,10-13,20-28H2,(H,36,39). The molecule has 0 unspecified atom stereocenters. The fourth-order valence-corrected chi connectivity index (χ4v) is 4.32. The Bertz CT molecular complexity index is 1230. The van der Waals surface area contributed by atoms with Crippen molar-refractivity contribution in [1.29, 1.82) is 0 Å². The minimum atomic E-state index is -0.515. The fourth-order valence-electron chi connectivity index (χ4n) is 4.32. The molecule has 0 atom stereocenters. The van der Waals surface area contributed by atoms with E-state index in [1.807, 2.05) is 91.0 Å². The molecule has 0 spiro atoms. The highest BCUT2D eigenvalue weighted by molar-refractivity contribution is 5.68. The van der Waals surface area contributed by atoms with E-state index >= 15 is 0 Å². The van der Waals surface area contributed by atoms with E-state index in [9.17, 15) is 14.4 Å². The maximum atomic E-state index is 13.0. The van der Waals surface area contributed by atoms with Gasteiger partial charge in [0.05, 0.1) is 0 Å². The van der Waals surface area contributed by atoms with Crippen molar-refractivity contribution in [1.82, 2.24) is 20.9 Å². The van der Waals surface area contributed by atoms with Crippen molar-refractivity contribution in [3.63, 3.8) is 0 Å². The smallest absolute Gasteiger partial charge is 0.410 e. The van der Waals surface area contributed by atoms with Crippen LogP contribution in [0.4, 0.5) is 14.4 Å². The monoisotopic (exact) mass is 603 g/mol. The Kier molecular flexibility index (Phi) is 15.7. The van der Waals surface area contributed by atoms with Gasteiger partial charge in [-0.2, -0.15) is 0 Å². The molecule has 10 nitrogen and oxygen atoms in total. The summed E-state index contributed by atoms with van der Waals surface area (Å²) in [6.07, 6.45) is 0.988. The zero-order valence-corrected chi connectivity index (χ0v) is 25.2.